The van der Waals surface area contributed by atoms with Crippen molar-refractivity contribution in [3.63, 3.8) is 0 Å². The van der Waals surface area contributed by atoms with Crippen LogP contribution in [0, 0.1) is 0 Å². The van der Waals surface area contributed by atoms with Crippen LogP contribution in [-0.4, -0.2) is 20.1 Å². The molecule has 0 saturated carbocycles. The van der Waals surface area contributed by atoms with E-state index in [9.17, 15) is 4.79 Å². The second-order valence-corrected chi connectivity index (χ2v) is 3.04. The lowest BCUT2D eigenvalue weighted by Crippen LogP contribution is -2.22. The number of methoxy groups -OCH3 is 1. The maximum Gasteiger partial charge on any atom is 0.223 e. The standard InChI is InChI=1S/C10H14N2O2/c1-7(13)12(2)9-4-8(11)5-10(6-9)14-3/h4-6H,11H2,1-3H3. The molecule has 0 radical (unpaired) electrons. The summed E-state index contributed by atoms with van der Waals surface area (Å²) < 4.78 is 5.05. The van der Waals surface area contributed by atoms with E-state index in [1.54, 1.807) is 32.4 Å². The van der Waals surface area contributed by atoms with Crippen LogP contribution < -0.4 is 15.4 Å². The first-order valence-corrected chi connectivity index (χ1v) is 4.23. The number of nitrogens with two attached hydrogens (primary N) is 1. The van der Waals surface area contributed by atoms with Gasteiger partial charge >= 0.3 is 0 Å². The largest absolute Gasteiger partial charge is 0.497 e. The van der Waals surface area contributed by atoms with Gasteiger partial charge in [0.05, 0.1) is 7.11 Å². The van der Waals surface area contributed by atoms with E-state index in [0.29, 0.717) is 11.4 Å². The van der Waals surface area contributed by atoms with Crippen molar-refractivity contribution in [1.29, 1.82) is 0 Å². The Labute approximate surface area is 83.3 Å². The third-order valence-corrected chi connectivity index (χ3v) is 2.01. The van der Waals surface area contributed by atoms with E-state index >= 15 is 0 Å². The zero-order valence-corrected chi connectivity index (χ0v) is 8.57. The molecule has 0 heterocycles. The molecule has 0 atom stereocenters. The topological polar surface area (TPSA) is 55.6 Å². The van der Waals surface area contributed by atoms with Crippen LogP contribution in [0.1, 0.15) is 6.92 Å². The van der Waals surface area contributed by atoms with Crippen LogP contribution in [0.5, 0.6) is 5.75 Å². The van der Waals surface area contributed by atoms with Crippen molar-refractivity contribution in [2.24, 2.45) is 0 Å². The van der Waals surface area contributed by atoms with E-state index in [0.717, 1.165) is 5.69 Å². The summed E-state index contributed by atoms with van der Waals surface area (Å²) in [5.41, 5.74) is 6.96. The molecule has 1 aromatic rings. The Morgan fingerprint density at radius 2 is 2.07 bits per heavy atom. The molecule has 0 aliphatic carbocycles. The second-order valence-electron chi connectivity index (χ2n) is 3.04. The van der Waals surface area contributed by atoms with Gasteiger partial charge in [0.1, 0.15) is 5.75 Å². The number of amides is 1. The molecular formula is C10H14N2O2. The average molecular weight is 194 g/mol. The molecule has 0 fully saturated rings. The second kappa shape index (κ2) is 4.00. The molecule has 0 aliphatic heterocycles. The lowest BCUT2D eigenvalue weighted by Gasteiger charge is -2.16. The van der Waals surface area contributed by atoms with Crippen molar-refractivity contribution in [2.75, 3.05) is 24.8 Å². The monoisotopic (exact) mass is 194 g/mol. The fourth-order valence-electron chi connectivity index (χ4n) is 1.10. The number of hydrogen-bond donors (Lipinski definition) is 1. The Morgan fingerprint density at radius 3 is 2.57 bits per heavy atom. The van der Waals surface area contributed by atoms with Gasteiger partial charge in [0.15, 0.2) is 0 Å². The number of carbonyl (C=O) groups excluding carboxylic acids is 1. The normalized spacial score (nSPS) is 9.64. The summed E-state index contributed by atoms with van der Waals surface area (Å²) in [4.78, 5) is 12.6. The van der Waals surface area contributed by atoms with Crippen molar-refractivity contribution in [2.45, 2.75) is 6.92 Å². The highest BCUT2D eigenvalue weighted by Gasteiger charge is 2.07. The third kappa shape index (κ3) is 2.16. The molecule has 1 amide bonds. The van der Waals surface area contributed by atoms with Crippen LogP contribution in [0.25, 0.3) is 0 Å². The molecule has 0 unspecified atom stereocenters. The van der Waals surface area contributed by atoms with Crippen LogP contribution in [0.15, 0.2) is 18.2 Å². The van der Waals surface area contributed by atoms with Crippen molar-refractivity contribution in [3.8, 4) is 5.75 Å². The van der Waals surface area contributed by atoms with Crippen LogP contribution in [-0.2, 0) is 4.79 Å². The predicted molar refractivity (Wildman–Crippen MR) is 56.5 cm³/mol. The van der Waals surface area contributed by atoms with Crippen LogP contribution in [0.2, 0.25) is 0 Å². The zero-order valence-electron chi connectivity index (χ0n) is 8.57. The van der Waals surface area contributed by atoms with Crippen molar-refractivity contribution in [1.82, 2.24) is 0 Å². The zero-order chi connectivity index (χ0) is 10.7. The lowest BCUT2D eigenvalue weighted by molar-refractivity contribution is -0.116. The molecule has 0 aromatic heterocycles. The van der Waals surface area contributed by atoms with Gasteiger partial charge in [-0.1, -0.05) is 0 Å². The van der Waals surface area contributed by atoms with Gasteiger partial charge < -0.3 is 15.4 Å². The van der Waals surface area contributed by atoms with E-state index in [-0.39, 0.29) is 5.91 Å². The summed E-state index contributed by atoms with van der Waals surface area (Å²) in [6, 6.07) is 5.19. The lowest BCUT2D eigenvalue weighted by atomic mass is 10.2. The van der Waals surface area contributed by atoms with Crippen molar-refractivity contribution < 1.29 is 9.53 Å². The fourth-order valence-corrected chi connectivity index (χ4v) is 1.10. The Bertz CT molecular complexity index is 350. The van der Waals surface area contributed by atoms with Crippen LogP contribution in [0.3, 0.4) is 0 Å². The Kier molecular flexibility index (Phi) is 2.96. The third-order valence-electron chi connectivity index (χ3n) is 2.01. The first-order valence-electron chi connectivity index (χ1n) is 4.23. The highest BCUT2D eigenvalue weighted by molar-refractivity contribution is 5.91. The van der Waals surface area contributed by atoms with E-state index in [1.165, 1.54) is 11.8 Å². The highest BCUT2D eigenvalue weighted by Crippen LogP contribution is 2.24. The minimum atomic E-state index is -0.0438. The SMILES string of the molecule is COc1cc(N)cc(N(C)C(C)=O)c1. The number of rotatable bonds is 2. The predicted octanol–water partition coefficient (Wildman–Crippen LogP) is 1.26. The number of ether oxygens (including phenoxy) is 1. The molecule has 4 nitrogen and oxygen atoms in total. The Balaban J connectivity index is 3.08. The van der Waals surface area contributed by atoms with Gasteiger partial charge in [0.25, 0.3) is 0 Å². The number of hydrogen-bond acceptors (Lipinski definition) is 3. The van der Waals surface area contributed by atoms with Crippen molar-refractivity contribution >= 4 is 17.3 Å². The first kappa shape index (κ1) is 10.4. The van der Waals surface area contributed by atoms with Gasteiger partial charge in [-0.2, -0.15) is 0 Å². The quantitative estimate of drug-likeness (QED) is 0.721. The molecule has 4 heteroatoms. The van der Waals surface area contributed by atoms with Gasteiger partial charge in [-0.25, -0.2) is 0 Å². The van der Waals surface area contributed by atoms with Gasteiger partial charge in [0, 0.05) is 37.5 Å². The molecule has 0 spiro atoms. The smallest absolute Gasteiger partial charge is 0.223 e. The maximum atomic E-state index is 11.1. The molecule has 1 aromatic carbocycles. The average Bonchev–Trinajstić information content (AvgIpc) is 2.15. The molecule has 14 heavy (non-hydrogen) atoms. The molecule has 2 N–H and O–H groups in total. The van der Waals surface area contributed by atoms with E-state index in [4.69, 9.17) is 10.5 Å². The van der Waals surface area contributed by atoms with Crippen molar-refractivity contribution in [3.05, 3.63) is 18.2 Å². The van der Waals surface area contributed by atoms with Gasteiger partial charge in [0.2, 0.25) is 5.91 Å². The summed E-state index contributed by atoms with van der Waals surface area (Å²) in [5.74, 6) is 0.603. The molecule has 1 rings (SSSR count). The van der Waals surface area contributed by atoms with Crippen LogP contribution >= 0.6 is 0 Å². The molecule has 0 bridgehead atoms. The minimum Gasteiger partial charge on any atom is -0.497 e. The molecule has 76 valence electrons. The summed E-state index contributed by atoms with van der Waals surface area (Å²) in [6.07, 6.45) is 0. The Hall–Kier alpha value is -1.71. The molecule has 0 saturated heterocycles. The van der Waals surface area contributed by atoms with Gasteiger partial charge in [-0.3, -0.25) is 4.79 Å². The number of nitrogen functional groups attached to an aromatic ring is 1. The number of nitrogens with zero attached hydrogens (tertiary/aromatic N) is 1. The van der Waals surface area contributed by atoms with Crippen LogP contribution in [0.4, 0.5) is 11.4 Å². The van der Waals surface area contributed by atoms with E-state index in [1.807, 2.05) is 0 Å². The summed E-state index contributed by atoms with van der Waals surface area (Å²) >= 11 is 0. The van der Waals surface area contributed by atoms with E-state index < -0.39 is 0 Å². The minimum absolute atomic E-state index is 0.0438. The molecule has 0 aliphatic rings. The number of benzene rings is 1. The number of anilines is 2. The highest BCUT2D eigenvalue weighted by atomic mass is 16.5. The summed E-state index contributed by atoms with van der Waals surface area (Å²) in [6.45, 7) is 1.50. The maximum absolute atomic E-state index is 11.1. The number of carbonyl (C=O) groups is 1. The van der Waals surface area contributed by atoms with Gasteiger partial charge in [-0.05, 0) is 6.07 Å². The summed E-state index contributed by atoms with van der Waals surface area (Å²) in [5, 5.41) is 0. The van der Waals surface area contributed by atoms with E-state index in [2.05, 4.69) is 0 Å². The fraction of sp³-hybridized carbons (Fsp3) is 0.300. The van der Waals surface area contributed by atoms with Gasteiger partial charge in [-0.15, -0.1) is 0 Å². The Morgan fingerprint density at radius 1 is 1.43 bits per heavy atom. The summed E-state index contributed by atoms with van der Waals surface area (Å²) in [7, 11) is 3.25. The molecular weight excluding hydrogens is 180 g/mol. The first-order chi connectivity index (χ1) is 6.54.